The summed E-state index contributed by atoms with van der Waals surface area (Å²) in [5, 5.41) is 0. The van der Waals surface area contributed by atoms with Gasteiger partial charge in [0.2, 0.25) is 0 Å². The van der Waals surface area contributed by atoms with E-state index >= 15 is 0 Å². The first-order valence-electron chi connectivity index (χ1n) is 9.37. The van der Waals surface area contributed by atoms with Crippen LogP contribution in [0.3, 0.4) is 0 Å². The fourth-order valence-corrected chi connectivity index (χ4v) is 3.74. The van der Waals surface area contributed by atoms with Crippen LogP contribution >= 0.6 is 0 Å². The molecule has 0 saturated carbocycles. The zero-order chi connectivity index (χ0) is 21.9. The van der Waals surface area contributed by atoms with Gasteiger partial charge in [0.15, 0.2) is 6.10 Å². The molecule has 2 amide bonds. The fraction of sp³-hybridized carbons (Fsp3) is 0.842. The van der Waals surface area contributed by atoms with Crippen LogP contribution < -0.4 is 0 Å². The first-order valence-corrected chi connectivity index (χ1v) is 9.37. The number of amides is 2. The molecule has 1 rings (SSSR count). The van der Waals surface area contributed by atoms with Gasteiger partial charge in [0.05, 0.1) is 5.54 Å². The SMILES string of the molecule is CC(=O)OCCN1C(C)(C)CC(OC(=O)N(C)C)C(OC(=O)N(C)C)C1(C)C. The van der Waals surface area contributed by atoms with Gasteiger partial charge in [-0.25, -0.2) is 9.59 Å². The maximum absolute atomic E-state index is 12.3. The second-order valence-corrected chi connectivity index (χ2v) is 8.68. The van der Waals surface area contributed by atoms with Crippen LogP contribution in [0, 0.1) is 0 Å². The van der Waals surface area contributed by atoms with E-state index in [0.29, 0.717) is 13.0 Å². The summed E-state index contributed by atoms with van der Waals surface area (Å²) in [6.45, 7) is 9.98. The van der Waals surface area contributed by atoms with E-state index in [1.54, 1.807) is 28.2 Å². The van der Waals surface area contributed by atoms with Gasteiger partial charge in [-0.1, -0.05) is 0 Å². The first-order chi connectivity index (χ1) is 12.7. The molecule has 0 aromatic carbocycles. The third kappa shape index (κ3) is 5.73. The molecule has 1 saturated heterocycles. The second-order valence-electron chi connectivity index (χ2n) is 8.68. The predicted octanol–water partition coefficient (Wildman–Crippen LogP) is 1.95. The summed E-state index contributed by atoms with van der Waals surface area (Å²) >= 11 is 0. The van der Waals surface area contributed by atoms with E-state index in [0.717, 1.165) is 0 Å². The van der Waals surface area contributed by atoms with Crippen molar-refractivity contribution in [1.82, 2.24) is 14.7 Å². The third-order valence-corrected chi connectivity index (χ3v) is 4.99. The van der Waals surface area contributed by atoms with Crippen molar-refractivity contribution in [3.8, 4) is 0 Å². The van der Waals surface area contributed by atoms with Crippen molar-refractivity contribution >= 4 is 18.2 Å². The molecule has 0 radical (unpaired) electrons. The number of hydrogen-bond donors (Lipinski definition) is 0. The monoisotopic (exact) mass is 401 g/mol. The molecule has 2 unspecified atom stereocenters. The van der Waals surface area contributed by atoms with Gasteiger partial charge in [-0.2, -0.15) is 0 Å². The summed E-state index contributed by atoms with van der Waals surface area (Å²) in [5.74, 6) is -0.346. The molecule has 0 N–H and O–H groups in total. The second kappa shape index (κ2) is 8.98. The number of piperidine rings is 1. The van der Waals surface area contributed by atoms with Crippen LogP contribution in [-0.2, 0) is 19.0 Å². The van der Waals surface area contributed by atoms with Crippen molar-refractivity contribution in [3.05, 3.63) is 0 Å². The molecule has 0 spiro atoms. The molecule has 9 heteroatoms. The van der Waals surface area contributed by atoms with Gasteiger partial charge in [0.1, 0.15) is 12.7 Å². The third-order valence-electron chi connectivity index (χ3n) is 4.99. The molecule has 28 heavy (non-hydrogen) atoms. The van der Waals surface area contributed by atoms with Crippen molar-refractivity contribution in [3.63, 3.8) is 0 Å². The minimum atomic E-state index is -0.698. The Balaban J connectivity index is 3.20. The van der Waals surface area contributed by atoms with Crippen molar-refractivity contribution in [1.29, 1.82) is 0 Å². The van der Waals surface area contributed by atoms with Gasteiger partial charge in [-0.05, 0) is 27.7 Å². The molecule has 0 aromatic rings. The maximum Gasteiger partial charge on any atom is 0.409 e. The summed E-state index contributed by atoms with van der Waals surface area (Å²) < 4.78 is 16.6. The van der Waals surface area contributed by atoms with E-state index in [1.807, 2.05) is 27.7 Å². The average Bonchev–Trinajstić information content (AvgIpc) is 2.53. The highest BCUT2D eigenvalue weighted by Gasteiger charge is 2.55. The minimum Gasteiger partial charge on any atom is -0.465 e. The van der Waals surface area contributed by atoms with Crippen LogP contribution in [0.5, 0.6) is 0 Å². The van der Waals surface area contributed by atoms with Crippen LogP contribution in [0.4, 0.5) is 9.59 Å². The Bertz CT molecular complexity index is 588. The molecule has 0 aromatic heterocycles. The zero-order valence-electron chi connectivity index (χ0n) is 18.6. The van der Waals surface area contributed by atoms with Crippen LogP contribution in [-0.4, -0.2) is 97.5 Å². The number of carbonyl (C=O) groups excluding carboxylic acids is 3. The minimum absolute atomic E-state index is 0.221. The van der Waals surface area contributed by atoms with Gasteiger partial charge < -0.3 is 24.0 Å². The Hall–Kier alpha value is -2.03. The molecule has 162 valence electrons. The molecule has 2 atom stereocenters. The van der Waals surface area contributed by atoms with Crippen molar-refractivity contribution in [2.24, 2.45) is 0 Å². The van der Waals surface area contributed by atoms with Gasteiger partial charge in [-0.15, -0.1) is 0 Å². The van der Waals surface area contributed by atoms with Crippen molar-refractivity contribution < 1.29 is 28.6 Å². The van der Waals surface area contributed by atoms with E-state index in [2.05, 4.69) is 4.90 Å². The lowest BCUT2D eigenvalue weighted by Gasteiger charge is -2.57. The fourth-order valence-electron chi connectivity index (χ4n) is 3.74. The first kappa shape index (κ1) is 24.0. The molecule has 0 aliphatic carbocycles. The summed E-state index contributed by atoms with van der Waals surface area (Å²) in [4.78, 5) is 40.5. The topological polar surface area (TPSA) is 88.6 Å². The Morgan fingerprint density at radius 2 is 1.46 bits per heavy atom. The van der Waals surface area contributed by atoms with Gasteiger partial charge in [0, 0.05) is 53.6 Å². The number of hydrogen-bond acceptors (Lipinski definition) is 7. The smallest absolute Gasteiger partial charge is 0.409 e. The van der Waals surface area contributed by atoms with Crippen LogP contribution in [0.25, 0.3) is 0 Å². The summed E-state index contributed by atoms with van der Waals surface area (Å²) in [6.07, 6.45) is -1.86. The number of carbonyl (C=O) groups is 3. The van der Waals surface area contributed by atoms with Crippen LogP contribution in [0.1, 0.15) is 41.0 Å². The van der Waals surface area contributed by atoms with Gasteiger partial charge >= 0.3 is 18.2 Å². The number of nitrogens with zero attached hydrogens (tertiary/aromatic N) is 3. The van der Waals surface area contributed by atoms with E-state index in [1.165, 1.54) is 16.7 Å². The Kier molecular flexibility index (Phi) is 7.70. The summed E-state index contributed by atoms with van der Waals surface area (Å²) in [6, 6.07) is 0. The molecular weight excluding hydrogens is 366 g/mol. The lowest BCUT2D eigenvalue weighted by Crippen LogP contribution is -2.71. The van der Waals surface area contributed by atoms with Gasteiger partial charge in [-0.3, -0.25) is 9.69 Å². The number of likely N-dealkylation sites (tertiary alicyclic amines) is 1. The lowest BCUT2D eigenvalue weighted by molar-refractivity contribution is -0.172. The molecule has 9 nitrogen and oxygen atoms in total. The Morgan fingerprint density at radius 1 is 0.964 bits per heavy atom. The van der Waals surface area contributed by atoms with E-state index in [-0.39, 0.29) is 18.1 Å². The normalized spacial score (nSPS) is 23.5. The zero-order valence-corrected chi connectivity index (χ0v) is 18.6. The van der Waals surface area contributed by atoms with Crippen LogP contribution in [0.2, 0.25) is 0 Å². The lowest BCUT2D eigenvalue weighted by atomic mass is 9.75. The van der Waals surface area contributed by atoms with Crippen molar-refractivity contribution in [2.45, 2.75) is 64.3 Å². The van der Waals surface area contributed by atoms with E-state index < -0.39 is 29.9 Å². The highest BCUT2D eigenvalue weighted by atomic mass is 16.6. The van der Waals surface area contributed by atoms with E-state index in [4.69, 9.17) is 14.2 Å². The molecule has 1 aliphatic heterocycles. The number of rotatable bonds is 5. The van der Waals surface area contributed by atoms with Crippen molar-refractivity contribution in [2.75, 3.05) is 41.3 Å². The maximum atomic E-state index is 12.3. The largest absolute Gasteiger partial charge is 0.465 e. The predicted molar refractivity (Wildman–Crippen MR) is 104 cm³/mol. The summed E-state index contributed by atoms with van der Waals surface area (Å²) in [5.41, 5.74) is -1.06. The Morgan fingerprint density at radius 3 is 1.93 bits per heavy atom. The summed E-state index contributed by atoms with van der Waals surface area (Å²) in [7, 11) is 6.41. The molecule has 1 heterocycles. The highest BCUT2D eigenvalue weighted by Crippen LogP contribution is 2.41. The number of esters is 1. The standard InChI is InChI=1S/C19H35N3O6/c1-13(23)26-11-10-22-18(2,3)12-14(27-16(24)20(6)7)15(19(22,4)5)28-17(25)21(8)9/h14-15H,10-12H2,1-9H3. The Labute approximate surface area is 167 Å². The molecule has 0 bridgehead atoms. The van der Waals surface area contributed by atoms with E-state index in [9.17, 15) is 14.4 Å². The molecular formula is C19H35N3O6. The molecule has 1 fully saturated rings. The van der Waals surface area contributed by atoms with Gasteiger partial charge in [0.25, 0.3) is 0 Å². The average molecular weight is 402 g/mol. The van der Waals surface area contributed by atoms with Crippen LogP contribution in [0.15, 0.2) is 0 Å². The number of ether oxygens (including phenoxy) is 3. The highest BCUT2D eigenvalue weighted by molar-refractivity contribution is 5.68. The molecule has 1 aliphatic rings. The quantitative estimate of drug-likeness (QED) is 0.514.